The minimum absolute atomic E-state index is 0.0386. The van der Waals surface area contributed by atoms with Gasteiger partial charge in [0.1, 0.15) is 12.4 Å². The van der Waals surface area contributed by atoms with Crippen molar-refractivity contribution in [3.8, 4) is 5.75 Å². The molecule has 0 saturated carbocycles. The maximum Gasteiger partial charge on any atom is 0.225 e. The Bertz CT molecular complexity index is 691. The van der Waals surface area contributed by atoms with Crippen LogP contribution in [0.25, 0.3) is 0 Å². The Kier molecular flexibility index (Phi) is 5.71. The van der Waals surface area contributed by atoms with Gasteiger partial charge in [0, 0.05) is 24.9 Å². The number of carbonyl (C=O) groups excluding carboxylic acids is 1. The largest absolute Gasteiger partial charge is 0.489 e. The normalized spacial score (nSPS) is 23.5. The summed E-state index contributed by atoms with van der Waals surface area (Å²) in [7, 11) is 0. The first-order valence-corrected chi connectivity index (χ1v) is 9.79. The summed E-state index contributed by atoms with van der Waals surface area (Å²) in [4.78, 5) is 14.8. The second-order valence-electron chi connectivity index (χ2n) is 7.78. The van der Waals surface area contributed by atoms with Crippen LogP contribution >= 0.6 is 0 Å². The molecule has 3 rings (SSSR count). The van der Waals surface area contributed by atoms with Crippen molar-refractivity contribution < 1.29 is 14.6 Å². The van der Waals surface area contributed by atoms with Gasteiger partial charge in [0.15, 0.2) is 0 Å². The molecule has 0 spiro atoms. The van der Waals surface area contributed by atoms with Crippen molar-refractivity contribution in [3.63, 3.8) is 0 Å². The van der Waals surface area contributed by atoms with E-state index in [9.17, 15) is 9.90 Å². The number of amides is 1. The zero-order valence-corrected chi connectivity index (χ0v) is 16.3. The third kappa shape index (κ3) is 3.39. The van der Waals surface area contributed by atoms with Crippen molar-refractivity contribution in [2.24, 2.45) is 11.8 Å². The molecule has 0 radical (unpaired) electrons. The highest BCUT2D eigenvalue weighted by Gasteiger charge is 2.38. The summed E-state index contributed by atoms with van der Waals surface area (Å²) in [6.45, 7) is 11.9. The predicted octanol–water partition coefficient (Wildman–Crippen LogP) is 3.72. The number of hydrogen-bond acceptors (Lipinski definition) is 3. The van der Waals surface area contributed by atoms with Gasteiger partial charge in [0.2, 0.25) is 5.91 Å². The Labute approximate surface area is 156 Å². The number of hydrogen-bond donors (Lipinski definition) is 1. The zero-order valence-electron chi connectivity index (χ0n) is 16.3. The second kappa shape index (κ2) is 7.83. The van der Waals surface area contributed by atoms with Crippen LogP contribution in [0.2, 0.25) is 0 Å². The fourth-order valence-corrected chi connectivity index (χ4v) is 4.61. The van der Waals surface area contributed by atoms with E-state index in [-0.39, 0.29) is 17.7 Å². The molecule has 1 aromatic carbocycles. The summed E-state index contributed by atoms with van der Waals surface area (Å²) < 4.78 is 5.80. The van der Waals surface area contributed by atoms with Gasteiger partial charge < -0.3 is 14.7 Å². The van der Waals surface area contributed by atoms with Gasteiger partial charge in [0.25, 0.3) is 0 Å². The number of ether oxygens (including phenoxy) is 1. The average molecular weight is 357 g/mol. The highest BCUT2D eigenvalue weighted by Crippen LogP contribution is 2.44. The molecule has 1 amide bonds. The van der Waals surface area contributed by atoms with Gasteiger partial charge in [-0.15, -0.1) is 0 Å². The summed E-state index contributed by atoms with van der Waals surface area (Å²) in [5.41, 5.74) is 4.34. The van der Waals surface area contributed by atoms with Crippen LogP contribution in [-0.4, -0.2) is 35.6 Å². The van der Waals surface area contributed by atoms with Gasteiger partial charge in [-0.05, 0) is 67.9 Å². The SMILES string of the molecule is C=CCOc1cc(C)c2c(c1C)C(O)C(C(C)C(=O)N1CCCC1)CC2. The molecule has 1 aliphatic heterocycles. The molecule has 1 N–H and O–H groups in total. The van der Waals surface area contributed by atoms with Crippen LogP contribution in [0.4, 0.5) is 0 Å². The average Bonchev–Trinajstić information content (AvgIpc) is 3.16. The summed E-state index contributed by atoms with van der Waals surface area (Å²) in [5, 5.41) is 11.2. The lowest BCUT2D eigenvalue weighted by atomic mass is 9.72. The van der Waals surface area contributed by atoms with Crippen LogP contribution in [0.3, 0.4) is 0 Å². The number of carbonyl (C=O) groups is 1. The van der Waals surface area contributed by atoms with Crippen molar-refractivity contribution in [1.82, 2.24) is 4.90 Å². The number of fused-ring (bicyclic) bond motifs is 1. The van der Waals surface area contributed by atoms with Gasteiger partial charge in [0.05, 0.1) is 6.10 Å². The van der Waals surface area contributed by atoms with Crippen molar-refractivity contribution in [2.75, 3.05) is 19.7 Å². The molecular formula is C22H31NO3. The molecule has 26 heavy (non-hydrogen) atoms. The van der Waals surface area contributed by atoms with Crippen LogP contribution in [0.1, 0.15) is 54.5 Å². The molecule has 4 heteroatoms. The first-order valence-electron chi connectivity index (χ1n) is 9.79. The molecule has 1 aromatic rings. The Hall–Kier alpha value is -1.81. The fourth-order valence-electron chi connectivity index (χ4n) is 4.61. The van der Waals surface area contributed by atoms with Gasteiger partial charge in [-0.2, -0.15) is 0 Å². The quantitative estimate of drug-likeness (QED) is 0.817. The number of likely N-dealkylation sites (tertiary alicyclic amines) is 1. The van der Waals surface area contributed by atoms with Crippen molar-refractivity contribution in [3.05, 3.63) is 41.0 Å². The lowest BCUT2D eigenvalue weighted by Gasteiger charge is -2.37. The molecule has 1 heterocycles. The highest BCUT2D eigenvalue weighted by atomic mass is 16.5. The molecule has 1 aliphatic carbocycles. The number of rotatable bonds is 5. The fraction of sp³-hybridized carbons (Fsp3) is 0.591. The standard InChI is InChI=1S/C22H31NO3/c1-5-12-26-19-13-14(2)17-8-9-18(21(24)20(17)16(19)4)15(3)22(25)23-10-6-7-11-23/h5,13,15,18,21,24H,1,6-12H2,2-4H3. The smallest absolute Gasteiger partial charge is 0.225 e. The Balaban J connectivity index is 1.88. The number of aliphatic hydroxyl groups is 1. The van der Waals surface area contributed by atoms with Crippen LogP contribution < -0.4 is 4.74 Å². The van der Waals surface area contributed by atoms with E-state index in [0.29, 0.717) is 6.61 Å². The second-order valence-corrected chi connectivity index (χ2v) is 7.78. The van der Waals surface area contributed by atoms with Crippen molar-refractivity contribution >= 4 is 5.91 Å². The van der Waals surface area contributed by atoms with E-state index in [2.05, 4.69) is 19.6 Å². The third-order valence-electron chi connectivity index (χ3n) is 6.16. The van der Waals surface area contributed by atoms with Crippen molar-refractivity contribution in [2.45, 2.75) is 52.6 Å². The molecule has 0 aromatic heterocycles. The Morgan fingerprint density at radius 2 is 2.12 bits per heavy atom. The maximum absolute atomic E-state index is 12.8. The first-order chi connectivity index (χ1) is 12.5. The van der Waals surface area contributed by atoms with Gasteiger partial charge in [-0.3, -0.25) is 4.79 Å². The van der Waals surface area contributed by atoms with Gasteiger partial charge >= 0.3 is 0 Å². The molecule has 142 valence electrons. The van der Waals surface area contributed by atoms with Crippen molar-refractivity contribution in [1.29, 1.82) is 0 Å². The number of aliphatic hydroxyl groups excluding tert-OH is 1. The number of nitrogens with zero attached hydrogens (tertiary/aromatic N) is 1. The molecule has 1 fully saturated rings. The number of aryl methyl sites for hydroxylation is 1. The minimum Gasteiger partial charge on any atom is -0.489 e. The van der Waals surface area contributed by atoms with E-state index >= 15 is 0 Å². The summed E-state index contributed by atoms with van der Waals surface area (Å²) in [6, 6.07) is 2.06. The molecule has 2 aliphatic rings. The van der Waals surface area contributed by atoms with Crippen LogP contribution in [0.15, 0.2) is 18.7 Å². The highest BCUT2D eigenvalue weighted by molar-refractivity contribution is 5.79. The van der Waals surface area contributed by atoms with E-state index in [1.54, 1.807) is 6.08 Å². The lowest BCUT2D eigenvalue weighted by Crippen LogP contribution is -2.39. The van der Waals surface area contributed by atoms with Gasteiger partial charge in [-0.25, -0.2) is 0 Å². The van der Waals surface area contributed by atoms with Gasteiger partial charge in [-0.1, -0.05) is 19.6 Å². The third-order valence-corrected chi connectivity index (χ3v) is 6.16. The molecular weight excluding hydrogens is 326 g/mol. The van der Waals surface area contributed by atoms with Crippen LogP contribution in [0.5, 0.6) is 5.75 Å². The lowest BCUT2D eigenvalue weighted by molar-refractivity contribution is -0.137. The minimum atomic E-state index is -0.619. The molecule has 1 saturated heterocycles. The summed E-state index contributed by atoms with van der Waals surface area (Å²) >= 11 is 0. The van der Waals surface area contributed by atoms with E-state index in [1.165, 1.54) is 5.56 Å². The predicted molar refractivity (Wildman–Crippen MR) is 103 cm³/mol. The maximum atomic E-state index is 12.8. The van der Waals surface area contributed by atoms with E-state index < -0.39 is 6.10 Å². The van der Waals surface area contributed by atoms with Crippen LogP contribution in [0, 0.1) is 25.7 Å². The van der Waals surface area contributed by atoms with E-state index in [4.69, 9.17) is 4.74 Å². The monoisotopic (exact) mass is 357 g/mol. The summed E-state index contributed by atoms with van der Waals surface area (Å²) in [5.74, 6) is 0.805. The Morgan fingerprint density at radius 3 is 2.77 bits per heavy atom. The molecule has 0 bridgehead atoms. The zero-order chi connectivity index (χ0) is 18.8. The molecule has 3 unspecified atom stereocenters. The van der Waals surface area contributed by atoms with Crippen LogP contribution in [-0.2, 0) is 11.2 Å². The van der Waals surface area contributed by atoms with E-state index in [0.717, 1.165) is 61.2 Å². The molecule has 4 nitrogen and oxygen atoms in total. The topological polar surface area (TPSA) is 49.8 Å². The van der Waals surface area contributed by atoms with E-state index in [1.807, 2.05) is 18.7 Å². The first kappa shape index (κ1) is 19.0. The summed E-state index contributed by atoms with van der Waals surface area (Å²) in [6.07, 6.45) is 5.05. The molecule has 3 atom stereocenters. The Morgan fingerprint density at radius 1 is 1.42 bits per heavy atom. The number of benzene rings is 1.